The van der Waals surface area contributed by atoms with Crippen LogP contribution in [-0.2, 0) is 4.74 Å². The van der Waals surface area contributed by atoms with E-state index in [1.807, 2.05) is 0 Å². The highest BCUT2D eigenvalue weighted by Crippen LogP contribution is 1.72. The molecule has 0 aliphatic rings. The van der Waals surface area contributed by atoms with E-state index < -0.39 is 0 Å². The van der Waals surface area contributed by atoms with E-state index in [0.29, 0.717) is 6.61 Å². The van der Waals surface area contributed by atoms with Crippen LogP contribution in [0.5, 0.6) is 0 Å². The summed E-state index contributed by atoms with van der Waals surface area (Å²) >= 11 is 0. The maximum Gasteiger partial charge on any atom is 0.0484 e. The first-order chi connectivity index (χ1) is 3.91. The smallest absolute Gasteiger partial charge is 0.0484 e. The molecule has 8 heavy (non-hydrogen) atoms. The van der Waals surface area contributed by atoms with Gasteiger partial charge in [-0.15, -0.1) is 0 Å². The van der Waals surface area contributed by atoms with Gasteiger partial charge < -0.3 is 14.9 Å². The summed E-state index contributed by atoms with van der Waals surface area (Å²) < 4.78 is 4.62. The highest BCUT2D eigenvalue weighted by Gasteiger charge is 1.75. The van der Waals surface area contributed by atoms with Gasteiger partial charge in [0.1, 0.15) is 0 Å². The number of aliphatic hydroxyl groups excluding tert-OH is 2. The van der Waals surface area contributed by atoms with Crippen molar-refractivity contribution in [3.63, 3.8) is 0 Å². The molecule has 0 rings (SSSR count). The molecule has 3 heteroatoms. The molecule has 0 saturated carbocycles. The van der Waals surface area contributed by atoms with Crippen molar-refractivity contribution < 1.29 is 14.9 Å². The maximum absolute atomic E-state index is 8.12. The van der Waals surface area contributed by atoms with E-state index >= 15 is 0 Å². The average molecular weight is 122 g/mol. The van der Waals surface area contributed by atoms with Crippen LogP contribution >= 0.6 is 0 Å². The Morgan fingerprint density at radius 3 is 2.00 bits per heavy atom. The van der Waals surface area contributed by atoms with E-state index in [9.17, 15) is 0 Å². The Bertz CT molecular complexity index is 19.6. The van der Waals surface area contributed by atoms with Gasteiger partial charge in [-0.2, -0.15) is 0 Å². The lowest BCUT2D eigenvalue weighted by Gasteiger charge is -1.89. The zero-order chi connectivity index (χ0) is 6.83. The minimum Gasteiger partial charge on any atom is -0.400 e. The van der Waals surface area contributed by atoms with Gasteiger partial charge in [0.25, 0.3) is 0 Å². The third-order valence-electron chi connectivity index (χ3n) is 0.507. The normalized spacial score (nSPS) is 7.50. The molecule has 0 spiro atoms. The molecule has 0 amide bonds. The van der Waals surface area contributed by atoms with Crippen LogP contribution in [0.15, 0.2) is 0 Å². The van der Waals surface area contributed by atoms with Gasteiger partial charge >= 0.3 is 0 Å². The Morgan fingerprint density at radius 2 is 1.88 bits per heavy atom. The monoisotopic (exact) mass is 122 g/mol. The molecule has 2 N–H and O–H groups in total. The number of rotatable bonds is 3. The highest BCUT2D eigenvalue weighted by atomic mass is 16.5. The van der Waals surface area contributed by atoms with Gasteiger partial charge in [0, 0.05) is 27.4 Å². The number of ether oxygens (including phenoxy) is 1. The first kappa shape index (κ1) is 10.8. The third kappa shape index (κ3) is 16.9. The van der Waals surface area contributed by atoms with Gasteiger partial charge in [-0.3, -0.25) is 0 Å². The van der Waals surface area contributed by atoms with Gasteiger partial charge in [-0.05, 0) is 6.42 Å². The molecule has 0 fully saturated rings. The Labute approximate surface area is 49.9 Å². The molecular weight excluding hydrogens is 108 g/mol. The van der Waals surface area contributed by atoms with Gasteiger partial charge in [0.2, 0.25) is 0 Å². The number of methoxy groups -OCH3 is 1. The second-order valence-electron chi connectivity index (χ2n) is 1.07. The quantitative estimate of drug-likeness (QED) is 0.502. The summed E-state index contributed by atoms with van der Waals surface area (Å²) in [5.74, 6) is 0. The lowest BCUT2D eigenvalue weighted by Crippen LogP contribution is -1.90. The van der Waals surface area contributed by atoms with Gasteiger partial charge in [0.15, 0.2) is 0 Å². The standard InChI is InChI=1S/C4H10O2.CH4O/c1-6-4-2-3-5;1-2/h5H,2-4H2,1H3;2H,1H3. The third-order valence-corrected chi connectivity index (χ3v) is 0.507. The molecule has 0 heterocycles. The van der Waals surface area contributed by atoms with E-state index in [4.69, 9.17) is 10.2 Å². The summed E-state index contributed by atoms with van der Waals surface area (Å²) in [4.78, 5) is 0. The molecule has 0 bridgehead atoms. The fourth-order valence-corrected chi connectivity index (χ4v) is 0.209. The second kappa shape index (κ2) is 15.8. The van der Waals surface area contributed by atoms with E-state index in [2.05, 4.69) is 4.74 Å². The fourth-order valence-electron chi connectivity index (χ4n) is 0.209. The lowest BCUT2D eigenvalue weighted by molar-refractivity contribution is 0.166. The predicted octanol–water partition coefficient (Wildman–Crippen LogP) is -0.376. The van der Waals surface area contributed by atoms with E-state index in [1.54, 1.807) is 7.11 Å². The second-order valence-corrected chi connectivity index (χ2v) is 1.07. The Kier molecular flexibility index (Phi) is 21.3. The molecule has 0 unspecified atom stereocenters. The molecule has 0 aromatic rings. The van der Waals surface area contributed by atoms with Crippen LogP contribution in [0.2, 0.25) is 0 Å². The highest BCUT2D eigenvalue weighted by molar-refractivity contribution is 4.25. The minimum atomic E-state index is 0.230. The topological polar surface area (TPSA) is 49.7 Å². The van der Waals surface area contributed by atoms with Crippen LogP contribution in [0.4, 0.5) is 0 Å². The summed E-state index contributed by atoms with van der Waals surface area (Å²) in [6.45, 7) is 0.893. The van der Waals surface area contributed by atoms with Gasteiger partial charge in [-0.1, -0.05) is 0 Å². The van der Waals surface area contributed by atoms with Crippen LogP contribution in [0.3, 0.4) is 0 Å². The minimum absolute atomic E-state index is 0.230. The van der Waals surface area contributed by atoms with Crippen molar-refractivity contribution >= 4 is 0 Å². The molecule has 0 aromatic carbocycles. The van der Waals surface area contributed by atoms with Crippen molar-refractivity contribution in [3.05, 3.63) is 0 Å². The first-order valence-corrected chi connectivity index (χ1v) is 2.46. The van der Waals surface area contributed by atoms with Gasteiger partial charge in [0.05, 0.1) is 0 Å². The number of aliphatic hydroxyl groups is 2. The summed E-state index contributed by atoms with van der Waals surface area (Å²) in [6.07, 6.45) is 0.747. The van der Waals surface area contributed by atoms with Gasteiger partial charge in [-0.25, -0.2) is 0 Å². The lowest BCUT2D eigenvalue weighted by atomic mass is 10.5. The first-order valence-electron chi connectivity index (χ1n) is 2.46. The largest absolute Gasteiger partial charge is 0.400 e. The molecule has 0 radical (unpaired) electrons. The molecule has 0 aliphatic carbocycles. The van der Waals surface area contributed by atoms with Crippen LogP contribution in [0.25, 0.3) is 0 Å². The SMILES string of the molecule is CO.COCCCO. The van der Waals surface area contributed by atoms with Crippen LogP contribution in [0, 0.1) is 0 Å². The summed E-state index contributed by atoms with van der Waals surface area (Å²) in [5, 5.41) is 15.1. The van der Waals surface area contributed by atoms with Crippen molar-refractivity contribution in [1.82, 2.24) is 0 Å². The fraction of sp³-hybridized carbons (Fsp3) is 1.00. The van der Waals surface area contributed by atoms with Crippen LogP contribution in [-0.4, -0.2) is 37.6 Å². The Balaban J connectivity index is 0. The Hall–Kier alpha value is -0.120. The summed E-state index contributed by atoms with van der Waals surface area (Å²) in [6, 6.07) is 0. The van der Waals surface area contributed by atoms with Crippen molar-refractivity contribution in [2.75, 3.05) is 27.4 Å². The maximum atomic E-state index is 8.12. The van der Waals surface area contributed by atoms with E-state index in [0.717, 1.165) is 13.5 Å². The van der Waals surface area contributed by atoms with E-state index in [1.165, 1.54) is 0 Å². The molecule has 0 aliphatic heterocycles. The summed E-state index contributed by atoms with van der Waals surface area (Å²) in [5.41, 5.74) is 0. The molecule has 0 atom stereocenters. The van der Waals surface area contributed by atoms with Crippen molar-refractivity contribution in [3.8, 4) is 0 Å². The number of hydrogen-bond donors (Lipinski definition) is 2. The molecular formula is C5H14O3. The number of hydrogen-bond acceptors (Lipinski definition) is 3. The summed E-state index contributed by atoms with van der Waals surface area (Å²) in [7, 11) is 2.62. The van der Waals surface area contributed by atoms with Crippen LogP contribution in [0.1, 0.15) is 6.42 Å². The van der Waals surface area contributed by atoms with Crippen molar-refractivity contribution in [2.24, 2.45) is 0 Å². The van der Waals surface area contributed by atoms with Crippen LogP contribution < -0.4 is 0 Å². The molecule has 0 saturated heterocycles. The Morgan fingerprint density at radius 1 is 1.38 bits per heavy atom. The molecule has 52 valence electrons. The molecule has 0 aromatic heterocycles. The zero-order valence-electron chi connectivity index (χ0n) is 5.42. The predicted molar refractivity (Wildman–Crippen MR) is 31.7 cm³/mol. The van der Waals surface area contributed by atoms with Crippen molar-refractivity contribution in [1.29, 1.82) is 0 Å². The average Bonchev–Trinajstić information content (AvgIpc) is 1.88. The van der Waals surface area contributed by atoms with E-state index in [-0.39, 0.29) is 6.61 Å². The van der Waals surface area contributed by atoms with Crippen molar-refractivity contribution in [2.45, 2.75) is 6.42 Å². The zero-order valence-corrected chi connectivity index (χ0v) is 5.42. The molecule has 3 nitrogen and oxygen atoms in total.